The lowest BCUT2D eigenvalue weighted by Crippen LogP contribution is -2.15. The van der Waals surface area contributed by atoms with Gasteiger partial charge in [0, 0.05) is 23.4 Å². The van der Waals surface area contributed by atoms with Crippen molar-refractivity contribution in [3.63, 3.8) is 0 Å². The predicted molar refractivity (Wildman–Crippen MR) is 107 cm³/mol. The van der Waals surface area contributed by atoms with Crippen LogP contribution >= 0.6 is 0 Å². The highest BCUT2D eigenvalue weighted by molar-refractivity contribution is 7.92. The molecule has 3 aromatic rings. The smallest absolute Gasteiger partial charge is 0.262 e. The minimum absolute atomic E-state index is 0.0637. The van der Waals surface area contributed by atoms with Crippen molar-refractivity contribution in [2.45, 2.75) is 18.7 Å². The van der Waals surface area contributed by atoms with Crippen LogP contribution in [0.25, 0.3) is 0 Å². The first-order valence-electron chi connectivity index (χ1n) is 8.73. The third-order valence-electron chi connectivity index (χ3n) is 4.29. The fourth-order valence-electron chi connectivity index (χ4n) is 2.71. The van der Waals surface area contributed by atoms with E-state index in [1.807, 2.05) is 0 Å². The Morgan fingerprint density at radius 3 is 2.13 bits per heavy atom. The molecule has 0 bridgehead atoms. The molecule has 30 heavy (non-hydrogen) atoms. The second-order valence-electron chi connectivity index (χ2n) is 6.65. The summed E-state index contributed by atoms with van der Waals surface area (Å²) in [6.07, 6.45) is 0. The molecule has 0 saturated heterocycles. The zero-order chi connectivity index (χ0) is 22.1. The summed E-state index contributed by atoms with van der Waals surface area (Å²) >= 11 is 0. The van der Waals surface area contributed by atoms with Gasteiger partial charge in [-0.2, -0.15) is 0 Å². The summed E-state index contributed by atoms with van der Waals surface area (Å²) < 4.78 is 67.6. The molecular formula is C21H17F3N2O3S. The van der Waals surface area contributed by atoms with Crippen LogP contribution in [0.15, 0.2) is 59.5 Å². The largest absolute Gasteiger partial charge is 0.319 e. The fourth-order valence-corrected chi connectivity index (χ4v) is 4.10. The highest BCUT2D eigenvalue weighted by atomic mass is 32.2. The van der Waals surface area contributed by atoms with Gasteiger partial charge in [0.05, 0.1) is 10.6 Å². The molecule has 3 aromatic carbocycles. The summed E-state index contributed by atoms with van der Waals surface area (Å²) in [5.74, 6) is -4.57. The van der Waals surface area contributed by atoms with Crippen molar-refractivity contribution in [3.05, 3.63) is 88.7 Å². The highest BCUT2D eigenvalue weighted by Gasteiger charge is 2.18. The van der Waals surface area contributed by atoms with E-state index < -0.39 is 39.1 Å². The lowest BCUT2D eigenvalue weighted by Gasteiger charge is -2.12. The third-order valence-corrected chi connectivity index (χ3v) is 5.81. The van der Waals surface area contributed by atoms with Gasteiger partial charge in [0.15, 0.2) is 11.6 Å². The van der Waals surface area contributed by atoms with Gasteiger partial charge in [0.2, 0.25) is 0 Å². The van der Waals surface area contributed by atoms with Crippen molar-refractivity contribution in [1.82, 2.24) is 0 Å². The molecule has 3 rings (SSSR count). The van der Waals surface area contributed by atoms with E-state index in [-0.39, 0.29) is 16.1 Å². The van der Waals surface area contributed by atoms with Crippen molar-refractivity contribution >= 4 is 27.3 Å². The molecule has 0 heterocycles. The second kappa shape index (κ2) is 8.19. The van der Waals surface area contributed by atoms with Crippen LogP contribution in [0.1, 0.15) is 21.5 Å². The van der Waals surface area contributed by atoms with E-state index in [0.29, 0.717) is 17.7 Å². The first-order chi connectivity index (χ1) is 14.1. The second-order valence-corrected chi connectivity index (χ2v) is 8.30. The van der Waals surface area contributed by atoms with Gasteiger partial charge in [-0.1, -0.05) is 12.1 Å². The van der Waals surface area contributed by atoms with E-state index in [0.717, 1.165) is 5.56 Å². The third kappa shape index (κ3) is 4.62. The molecule has 0 fully saturated rings. The molecule has 0 saturated carbocycles. The average molecular weight is 434 g/mol. The van der Waals surface area contributed by atoms with Crippen LogP contribution in [0.5, 0.6) is 0 Å². The molecule has 1 amide bonds. The molecule has 2 N–H and O–H groups in total. The number of aryl methyl sites for hydroxylation is 2. The molecule has 0 aliphatic rings. The van der Waals surface area contributed by atoms with Gasteiger partial charge in [0.1, 0.15) is 5.82 Å². The number of rotatable bonds is 5. The number of halogens is 3. The highest BCUT2D eigenvalue weighted by Crippen LogP contribution is 2.22. The Hall–Kier alpha value is -3.33. The van der Waals surface area contributed by atoms with Gasteiger partial charge >= 0.3 is 0 Å². The van der Waals surface area contributed by atoms with Crippen molar-refractivity contribution < 1.29 is 26.4 Å². The fraction of sp³-hybridized carbons (Fsp3) is 0.0952. The van der Waals surface area contributed by atoms with Gasteiger partial charge in [-0.15, -0.1) is 0 Å². The van der Waals surface area contributed by atoms with E-state index in [1.165, 1.54) is 24.3 Å². The molecule has 5 nitrogen and oxygen atoms in total. The van der Waals surface area contributed by atoms with Crippen LogP contribution in [0.2, 0.25) is 0 Å². The van der Waals surface area contributed by atoms with Crippen molar-refractivity contribution in [2.24, 2.45) is 0 Å². The van der Waals surface area contributed by atoms with Crippen LogP contribution in [-0.2, 0) is 10.0 Å². The molecule has 0 aliphatic carbocycles. The maximum Gasteiger partial charge on any atom is 0.262 e. The van der Waals surface area contributed by atoms with Gasteiger partial charge in [-0.3, -0.25) is 9.52 Å². The van der Waals surface area contributed by atoms with Crippen LogP contribution in [-0.4, -0.2) is 14.3 Å². The molecule has 0 radical (unpaired) electrons. The average Bonchev–Trinajstić information content (AvgIpc) is 2.68. The topological polar surface area (TPSA) is 75.3 Å². The van der Waals surface area contributed by atoms with Crippen molar-refractivity contribution in [1.29, 1.82) is 0 Å². The zero-order valence-corrected chi connectivity index (χ0v) is 16.8. The number of nitrogens with one attached hydrogen (secondary N) is 2. The van der Waals surface area contributed by atoms with E-state index in [2.05, 4.69) is 10.0 Å². The predicted octanol–water partition coefficient (Wildman–Crippen LogP) is 4.77. The summed E-state index contributed by atoms with van der Waals surface area (Å²) in [6.45, 7) is 3.46. The van der Waals surface area contributed by atoms with Crippen molar-refractivity contribution in [2.75, 3.05) is 10.0 Å². The lowest BCUT2D eigenvalue weighted by atomic mass is 10.2. The Bertz CT molecular complexity index is 1230. The Morgan fingerprint density at radius 2 is 1.47 bits per heavy atom. The molecular weight excluding hydrogens is 417 g/mol. The Morgan fingerprint density at radius 1 is 0.833 bits per heavy atom. The molecule has 0 aliphatic heterocycles. The number of carbonyl (C=O) groups is 1. The number of carbonyl (C=O) groups excluding carboxylic acids is 1. The summed E-state index contributed by atoms with van der Waals surface area (Å²) in [5, 5.41) is 2.14. The van der Waals surface area contributed by atoms with Gasteiger partial charge in [-0.25, -0.2) is 21.6 Å². The summed E-state index contributed by atoms with van der Waals surface area (Å²) in [4.78, 5) is 12.4. The lowest BCUT2D eigenvalue weighted by molar-refractivity contribution is 0.102. The monoisotopic (exact) mass is 434 g/mol. The molecule has 0 spiro atoms. The first-order valence-corrected chi connectivity index (χ1v) is 10.2. The van der Waals surface area contributed by atoms with E-state index in [9.17, 15) is 26.4 Å². The number of benzene rings is 3. The van der Waals surface area contributed by atoms with Crippen LogP contribution in [0.4, 0.5) is 24.5 Å². The first kappa shape index (κ1) is 21.4. The molecule has 0 unspecified atom stereocenters. The molecule has 0 aromatic heterocycles. The maximum absolute atomic E-state index is 13.7. The Balaban J connectivity index is 1.77. The quantitative estimate of drug-likeness (QED) is 0.568. The van der Waals surface area contributed by atoms with Crippen molar-refractivity contribution in [3.8, 4) is 0 Å². The van der Waals surface area contributed by atoms with Crippen LogP contribution in [0, 0.1) is 31.3 Å². The standard InChI is InChI=1S/C21H17F3N2O3S/c1-12-3-4-13(2)20(9-12)30(28,29)26-15-7-5-14(6-8-15)21(27)25-19-11-17(23)16(22)10-18(19)24/h3-11,26H,1-2H3,(H,25,27). The number of hydrogen-bond donors (Lipinski definition) is 2. The van der Waals surface area contributed by atoms with Crippen LogP contribution < -0.4 is 10.0 Å². The van der Waals surface area contributed by atoms with E-state index >= 15 is 0 Å². The van der Waals surface area contributed by atoms with Gasteiger partial charge in [0.25, 0.3) is 15.9 Å². The SMILES string of the molecule is Cc1ccc(C)c(S(=O)(=O)Nc2ccc(C(=O)Nc3cc(F)c(F)cc3F)cc2)c1. The molecule has 156 valence electrons. The maximum atomic E-state index is 13.7. The van der Waals surface area contributed by atoms with Gasteiger partial charge in [-0.05, 0) is 55.3 Å². The summed E-state index contributed by atoms with van der Waals surface area (Å²) in [7, 11) is -3.84. The Kier molecular flexibility index (Phi) is 5.84. The minimum Gasteiger partial charge on any atom is -0.319 e. The summed E-state index contributed by atoms with van der Waals surface area (Å²) in [5.41, 5.74) is 1.13. The zero-order valence-electron chi connectivity index (χ0n) is 16.0. The van der Waals surface area contributed by atoms with Gasteiger partial charge < -0.3 is 5.32 Å². The number of hydrogen-bond acceptors (Lipinski definition) is 3. The van der Waals surface area contributed by atoms with E-state index in [1.54, 1.807) is 32.0 Å². The minimum atomic E-state index is -3.84. The molecule has 0 atom stereocenters. The van der Waals surface area contributed by atoms with E-state index in [4.69, 9.17) is 0 Å². The molecule has 9 heteroatoms. The number of anilines is 2. The Labute approximate surface area is 171 Å². The number of amides is 1. The number of sulfonamides is 1. The normalized spacial score (nSPS) is 11.2. The summed E-state index contributed by atoms with van der Waals surface area (Å²) in [6, 6.07) is 11.3. The van der Waals surface area contributed by atoms with Crippen LogP contribution in [0.3, 0.4) is 0 Å².